The minimum absolute atomic E-state index is 0.741. The Balaban J connectivity index is 1.62. The van der Waals surface area contributed by atoms with Crippen molar-refractivity contribution in [1.29, 1.82) is 0 Å². The topological polar surface area (TPSA) is 71.2 Å². The summed E-state index contributed by atoms with van der Waals surface area (Å²) < 4.78 is 6.23. The monoisotopic (exact) mass is 500 g/mol. The van der Waals surface area contributed by atoms with Crippen LogP contribution >= 0.6 is 0 Å². The van der Waals surface area contributed by atoms with E-state index >= 15 is 0 Å². The van der Waals surface area contributed by atoms with Gasteiger partial charge in [-0.3, -0.25) is 0 Å². The molecule has 0 bridgehead atoms. The van der Waals surface area contributed by atoms with Crippen LogP contribution in [0.25, 0.3) is 25.6 Å². The molecule has 0 saturated carbocycles. The van der Waals surface area contributed by atoms with Gasteiger partial charge in [0.15, 0.2) is 0 Å². The van der Waals surface area contributed by atoms with Crippen molar-refractivity contribution in [2.75, 3.05) is 43.9 Å². The van der Waals surface area contributed by atoms with E-state index in [0.717, 1.165) is 59.7 Å². The average molecular weight is 500 g/mol. The quantitative estimate of drug-likeness (QED) is 0.558. The van der Waals surface area contributed by atoms with Crippen molar-refractivity contribution in [3.05, 3.63) is 58.3 Å². The van der Waals surface area contributed by atoms with Gasteiger partial charge in [0.25, 0.3) is 0 Å². The molecule has 6 nitrogen and oxygen atoms in total. The van der Waals surface area contributed by atoms with Crippen LogP contribution < -0.4 is 10.6 Å². The van der Waals surface area contributed by atoms with Crippen LogP contribution in [0.5, 0.6) is 0 Å². The third-order valence-electron chi connectivity index (χ3n) is 6.07. The molecule has 2 N–H and O–H groups in total. The molecule has 2 aliphatic heterocycles. The molecule has 0 radical (unpaired) electrons. The Morgan fingerprint density at radius 2 is 1.90 bits per heavy atom. The molecule has 1 fully saturated rings. The third kappa shape index (κ3) is 3.61. The molecule has 2 aromatic heterocycles. The number of allylic oxidation sites excluding steroid dienone is 2. The molecule has 30 heavy (non-hydrogen) atoms. The number of hydrogen-bond acceptors (Lipinski definition) is 6. The number of anilines is 2. The molecule has 2 aliphatic rings. The third-order valence-corrected chi connectivity index (χ3v) is 12.6. The summed E-state index contributed by atoms with van der Waals surface area (Å²) in [6.07, 6.45) is 10.1. The average Bonchev–Trinajstić information content (AvgIpc) is 3.19. The van der Waals surface area contributed by atoms with Crippen LogP contribution in [0.3, 0.4) is 0 Å². The second kappa shape index (κ2) is 8.04. The number of piperazine rings is 1. The van der Waals surface area contributed by atoms with E-state index in [2.05, 4.69) is 54.6 Å². The van der Waals surface area contributed by atoms with Gasteiger partial charge in [0, 0.05) is 0 Å². The normalized spacial score (nSPS) is 17.1. The summed E-state index contributed by atoms with van der Waals surface area (Å²) in [4.78, 5) is 19.0. The molecular weight excluding hydrogens is 475 g/mol. The van der Waals surface area contributed by atoms with E-state index in [0.29, 0.717) is 0 Å². The van der Waals surface area contributed by atoms with E-state index in [4.69, 9.17) is 15.7 Å². The Kier molecular flexibility index (Phi) is 5.25. The van der Waals surface area contributed by atoms with E-state index in [-0.39, 0.29) is 0 Å². The number of rotatable bonds is 3. The fourth-order valence-corrected chi connectivity index (χ4v) is 9.38. The van der Waals surface area contributed by atoms with Gasteiger partial charge in [0.2, 0.25) is 0 Å². The first-order chi connectivity index (χ1) is 14.6. The van der Waals surface area contributed by atoms with Crippen LogP contribution in [-0.4, -0.2) is 74.5 Å². The zero-order valence-corrected chi connectivity index (χ0v) is 20.7. The van der Waals surface area contributed by atoms with Crippen molar-refractivity contribution < 1.29 is 0 Å². The molecule has 0 atom stereocenters. The van der Waals surface area contributed by atoms with Gasteiger partial charge in [-0.05, 0) is 0 Å². The molecule has 1 saturated heterocycles. The second-order valence-corrected chi connectivity index (χ2v) is 15.5. The predicted octanol–water partition coefficient (Wildman–Crippen LogP) is 3.18. The van der Waals surface area contributed by atoms with E-state index < -0.39 is 21.4 Å². The standard InChI is InChI=1S/C22H22N6.CH3.In/c1-3-4-5-16-12-17(23)13-19-22(16)26-20(15-25-19)18-14-24-7-6-21(18)28-10-8-27(2)9-11-28;;/h1,3-4,6-7,12-15H,8-11,23H2,2H3;1H3;. The van der Waals surface area contributed by atoms with E-state index in [1.807, 2.05) is 24.7 Å². The van der Waals surface area contributed by atoms with Gasteiger partial charge >= 0.3 is 185 Å². The van der Waals surface area contributed by atoms with Crippen molar-refractivity contribution in [2.24, 2.45) is 0 Å². The van der Waals surface area contributed by atoms with Crippen molar-refractivity contribution in [3.63, 3.8) is 0 Å². The fraction of sp³-hybridized carbons (Fsp3) is 0.261. The summed E-state index contributed by atoms with van der Waals surface area (Å²) in [6, 6.07) is 6.08. The zero-order valence-electron chi connectivity index (χ0n) is 17.4. The Labute approximate surface area is 184 Å². The van der Waals surface area contributed by atoms with Gasteiger partial charge in [0.1, 0.15) is 0 Å². The fourth-order valence-electron chi connectivity index (χ4n) is 4.31. The van der Waals surface area contributed by atoms with Gasteiger partial charge in [-0.1, -0.05) is 0 Å². The number of fused-ring (bicyclic) bond motifs is 1. The number of hydrogen-bond donors (Lipinski definition) is 1. The molecule has 0 amide bonds. The predicted molar refractivity (Wildman–Crippen MR) is 126 cm³/mol. The number of pyridine rings is 1. The summed E-state index contributed by atoms with van der Waals surface area (Å²) in [5, 5.41) is 0. The molecule has 3 aromatic rings. The number of nitrogens with zero attached hydrogens (tertiary/aromatic N) is 5. The Bertz CT molecular complexity index is 1160. The van der Waals surface area contributed by atoms with Crippen molar-refractivity contribution >= 4 is 47.2 Å². The van der Waals surface area contributed by atoms with Crippen LogP contribution in [-0.2, 0) is 0 Å². The van der Waals surface area contributed by atoms with Crippen LogP contribution in [0.2, 0.25) is 4.68 Å². The van der Waals surface area contributed by atoms with Crippen LogP contribution in [0.4, 0.5) is 11.4 Å². The molecule has 0 unspecified atom stereocenters. The second-order valence-electron chi connectivity index (χ2n) is 8.17. The minimum atomic E-state index is -1.86. The molecule has 4 heterocycles. The summed E-state index contributed by atoms with van der Waals surface area (Å²) in [5.74, 6) is 0. The summed E-state index contributed by atoms with van der Waals surface area (Å²) >= 11 is -1.86. The molecule has 5 rings (SSSR count). The van der Waals surface area contributed by atoms with E-state index in [1.165, 1.54) is 9.02 Å². The van der Waals surface area contributed by atoms with Gasteiger partial charge in [-0.25, -0.2) is 0 Å². The Hall–Kier alpha value is -2.38. The first kappa shape index (κ1) is 19.6. The molecular formula is C23H25InN6. The van der Waals surface area contributed by atoms with Crippen molar-refractivity contribution in [2.45, 2.75) is 4.68 Å². The number of likely N-dealkylation sites (N-methyl/N-ethyl adjacent to an activating group) is 1. The van der Waals surface area contributed by atoms with E-state index in [1.54, 1.807) is 0 Å². The Morgan fingerprint density at radius 3 is 2.67 bits per heavy atom. The van der Waals surface area contributed by atoms with Crippen LogP contribution in [0.1, 0.15) is 5.56 Å². The van der Waals surface area contributed by atoms with Crippen LogP contribution in [0.15, 0.2) is 52.8 Å². The maximum atomic E-state index is 6.21. The number of aromatic nitrogens is 3. The van der Waals surface area contributed by atoms with Crippen molar-refractivity contribution in [1.82, 2.24) is 19.9 Å². The number of benzene rings is 1. The molecule has 0 aliphatic carbocycles. The van der Waals surface area contributed by atoms with Crippen molar-refractivity contribution in [3.8, 4) is 11.3 Å². The first-order valence-electron chi connectivity index (χ1n) is 10.4. The zero-order chi connectivity index (χ0) is 20.7. The number of nitrogen functional groups attached to an aromatic ring is 1. The molecule has 0 spiro atoms. The summed E-state index contributed by atoms with van der Waals surface area (Å²) in [5.41, 5.74) is 13.0. The summed E-state index contributed by atoms with van der Waals surface area (Å²) in [6.45, 7) is 4.11. The van der Waals surface area contributed by atoms with Gasteiger partial charge < -0.3 is 0 Å². The maximum absolute atomic E-state index is 6.21. The van der Waals surface area contributed by atoms with Gasteiger partial charge in [-0.2, -0.15) is 0 Å². The first-order valence-corrected chi connectivity index (χ1v) is 17.3. The molecule has 1 aromatic carbocycles. The van der Waals surface area contributed by atoms with Gasteiger partial charge in [-0.15, -0.1) is 0 Å². The molecule has 150 valence electrons. The van der Waals surface area contributed by atoms with E-state index in [9.17, 15) is 0 Å². The molecule has 7 heteroatoms. The summed E-state index contributed by atoms with van der Waals surface area (Å²) in [7, 11) is 2.17. The Morgan fingerprint density at radius 1 is 1.07 bits per heavy atom. The van der Waals surface area contributed by atoms with Crippen LogP contribution in [0, 0.1) is 0 Å². The number of nitrogens with two attached hydrogens (primary N) is 1. The van der Waals surface area contributed by atoms with Gasteiger partial charge in [0.05, 0.1) is 0 Å². The SMILES string of the molecule is CN1CCN(c2ccncc2-c2cnc3cc(N)cc([C]4=CC=[CH][In]4[CH3])c3n2)CC1.